The number of anilines is 1. The first-order valence-corrected chi connectivity index (χ1v) is 7.93. The van der Waals surface area contributed by atoms with E-state index in [-0.39, 0.29) is 24.1 Å². The highest BCUT2D eigenvalue weighted by Gasteiger charge is 2.15. The monoisotopic (exact) mass is 341 g/mol. The highest BCUT2D eigenvalue weighted by molar-refractivity contribution is 5.96. The predicted octanol–water partition coefficient (Wildman–Crippen LogP) is 3.53. The highest BCUT2D eigenvalue weighted by Crippen LogP contribution is 2.24. The van der Waals surface area contributed by atoms with Crippen LogP contribution < -0.4 is 5.32 Å². The lowest BCUT2D eigenvalue weighted by Gasteiger charge is -2.14. The van der Waals surface area contributed by atoms with Crippen molar-refractivity contribution in [1.82, 2.24) is 9.78 Å². The van der Waals surface area contributed by atoms with Gasteiger partial charge in [0, 0.05) is 23.2 Å². The van der Waals surface area contributed by atoms with Gasteiger partial charge < -0.3 is 14.8 Å². The van der Waals surface area contributed by atoms with Crippen LogP contribution in [-0.2, 0) is 4.79 Å². The first-order valence-electron chi connectivity index (χ1n) is 7.93. The van der Waals surface area contributed by atoms with Crippen molar-refractivity contribution in [2.45, 2.75) is 33.2 Å². The van der Waals surface area contributed by atoms with Crippen LogP contribution in [0.25, 0.3) is 11.0 Å². The Kier molecular flexibility index (Phi) is 4.31. The van der Waals surface area contributed by atoms with Gasteiger partial charge in [-0.3, -0.25) is 9.48 Å². The normalized spacial score (nSPS) is 12.3. The SMILES string of the molecule is Cc1cc(C)n([C@@H](C)CC(=O)Nc2ccc3oc(C(=O)O)cc3c2)n1. The number of nitrogens with zero attached hydrogens (tertiary/aromatic N) is 2. The molecule has 25 heavy (non-hydrogen) atoms. The van der Waals surface area contributed by atoms with Gasteiger partial charge in [0.05, 0.1) is 11.7 Å². The Hall–Kier alpha value is -3.09. The van der Waals surface area contributed by atoms with Crippen molar-refractivity contribution in [3.8, 4) is 0 Å². The van der Waals surface area contributed by atoms with Crippen LogP contribution in [-0.4, -0.2) is 26.8 Å². The van der Waals surface area contributed by atoms with E-state index in [1.165, 1.54) is 6.07 Å². The van der Waals surface area contributed by atoms with E-state index < -0.39 is 5.97 Å². The fourth-order valence-corrected chi connectivity index (χ4v) is 2.89. The lowest BCUT2D eigenvalue weighted by atomic mass is 10.2. The number of fused-ring (bicyclic) bond motifs is 1. The number of carboxylic acid groups (broad SMARTS) is 1. The summed E-state index contributed by atoms with van der Waals surface area (Å²) in [5.74, 6) is -1.39. The van der Waals surface area contributed by atoms with Crippen molar-refractivity contribution in [1.29, 1.82) is 0 Å². The van der Waals surface area contributed by atoms with Crippen LogP contribution in [0.15, 0.2) is 34.7 Å². The van der Waals surface area contributed by atoms with E-state index >= 15 is 0 Å². The van der Waals surface area contributed by atoms with Gasteiger partial charge in [0.2, 0.25) is 11.7 Å². The van der Waals surface area contributed by atoms with Gasteiger partial charge >= 0.3 is 5.97 Å². The van der Waals surface area contributed by atoms with Gasteiger partial charge in [-0.2, -0.15) is 5.10 Å². The molecule has 2 heterocycles. The topological polar surface area (TPSA) is 97.4 Å². The van der Waals surface area contributed by atoms with Crippen molar-refractivity contribution in [2.75, 3.05) is 5.32 Å². The number of nitrogens with one attached hydrogen (secondary N) is 1. The number of carbonyl (C=O) groups excluding carboxylic acids is 1. The van der Waals surface area contributed by atoms with Crippen molar-refractivity contribution in [3.05, 3.63) is 47.5 Å². The van der Waals surface area contributed by atoms with Gasteiger partial charge in [-0.1, -0.05) is 0 Å². The van der Waals surface area contributed by atoms with Crippen LogP contribution in [0.1, 0.15) is 41.3 Å². The van der Waals surface area contributed by atoms with Crippen LogP contribution in [0.2, 0.25) is 0 Å². The van der Waals surface area contributed by atoms with Gasteiger partial charge in [0.1, 0.15) is 5.58 Å². The van der Waals surface area contributed by atoms with E-state index in [2.05, 4.69) is 10.4 Å². The highest BCUT2D eigenvalue weighted by atomic mass is 16.4. The number of aromatic nitrogens is 2. The average molecular weight is 341 g/mol. The van der Waals surface area contributed by atoms with E-state index in [0.717, 1.165) is 11.4 Å². The maximum atomic E-state index is 12.3. The molecular weight excluding hydrogens is 322 g/mol. The third-order valence-corrected chi connectivity index (χ3v) is 3.95. The maximum absolute atomic E-state index is 12.3. The van der Waals surface area contributed by atoms with Crippen LogP contribution in [0.3, 0.4) is 0 Å². The second-order valence-corrected chi connectivity index (χ2v) is 6.14. The summed E-state index contributed by atoms with van der Waals surface area (Å²) in [5.41, 5.74) is 2.99. The molecule has 0 unspecified atom stereocenters. The minimum atomic E-state index is -1.12. The first-order chi connectivity index (χ1) is 11.8. The molecule has 1 aromatic carbocycles. The summed E-state index contributed by atoms with van der Waals surface area (Å²) in [6, 6.07) is 8.36. The van der Waals surface area contributed by atoms with Crippen molar-refractivity contribution >= 4 is 28.5 Å². The number of amides is 1. The summed E-state index contributed by atoms with van der Waals surface area (Å²) in [5, 5.41) is 16.8. The van der Waals surface area contributed by atoms with E-state index in [4.69, 9.17) is 9.52 Å². The largest absolute Gasteiger partial charge is 0.475 e. The third kappa shape index (κ3) is 3.55. The van der Waals surface area contributed by atoms with E-state index in [9.17, 15) is 9.59 Å². The fraction of sp³-hybridized carbons (Fsp3) is 0.278. The van der Waals surface area contributed by atoms with Gasteiger partial charge in [-0.05, 0) is 51.1 Å². The smallest absolute Gasteiger partial charge is 0.371 e. The van der Waals surface area contributed by atoms with Crippen LogP contribution in [0.5, 0.6) is 0 Å². The van der Waals surface area contributed by atoms with Crippen LogP contribution >= 0.6 is 0 Å². The number of hydrogen-bond acceptors (Lipinski definition) is 4. The molecule has 0 fully saturated rings. The van der Waals surface area contributed by atoms with E-state index in [1.54, 1.807) is 18.2 Å². The molecule has 7 heteroatoms. The molecule has 1 atom stereocenters. The van der Waals surface area contributed by atoms with Crippen molar-refractivity contribution in [2.24, 2.45) is 0 Å². The third-order valence-electron chi connectivity index (χ3n) is 3.95. The zero-order chi connectivity index (χ0) is 18.1. The second kappa shape index (κ2) is 6.43. The Balaban J connectivity index is 1.71. The number of furan rings is 1. The fourth-order valence-electron chi connectivity index (χ4n) is 2.89. The Morgan fingerprint density at radius 1 is 1.28 bits per heavy atom. The maximum Gasteiger partial charge on any atom is 0.371 e. The summed E-state index contributed by atoms with van der Waals surface area (Å²) in [6.45, 7) is 5.82. The van der Waals surface area contributed by atoms with Crippen LogP contribution in [0.4, 0.5) is 5.69 Å². The number of aryl methyl sites for hydroxylation is 2. The van der Waals surface area contributed by atoms with Gasteiger partial charge in [-0.25, -0.2) is 4.79 Å². The Morgan fingerprint density at radius 3 is 2.68 bits per heavy atom. The summed E-state index contributed by atoms with van der Waals surface area (Å²) >= 11 is 0. The zero-order valence-electron chi connectivity index (χ0n) is 14.2. The molecule has 0 aliphatic carbocycles. The molecule has 2 N–H and O–H groups in total. The molecule has 0 spiro atoms. The molecule has 0 saturated heterocycles. The summed E-state index contributed by atoms with van der Waals surface area (Å²) in [4.78, 5) is 23.2. The number of carboxylic acids is 1. The molecule has 0 radical (unpaired) electrons. The molecular formula is C18H19N3O4. The minimum Gasteiger partial charge on any atom is -0.475 e. The van der Waals surface area contributed by atoms with Gasteiger partial charge in [0.25, 0.3) is 0 Å². The lowest BCUT2D eigenvalue weighted by molar-refractivity contribution is -0.116. The molecule has 3 aromatic rings. The molecule has 1 amide bonds. The Morgan fingerprint density at radius 2 is 2.04 bits per heavy atom. The Labute approximate surface area is 144 Å². The molecule has 7 nitrogen and oxygen atoms in total. The Bertz CT molecular complexity index is 955. The quantitative estimate of drug-likeness (QED) is 0.740. The standard InChI is InChI=1S/C18H19N3O4/c1-10-6-11(2)21(20-10)12(3)7-17(22)19-14-4-5-15-13(8-14)9-16(25-15)18(23)24/h4-6,8-9,12H,7H2,1-3H3,(H,19,22)(H,23,24)/t12-/m0/s1. The molecule has 3 rings (SSSR count). The minimum absolute atomic E-state index is 0.0648. The lowest BCUT2D eigenvalue weighted by Crippen LogP contribution is -2.19. The second-order valence-electron chi connectivity index (χ2n) is 6.14. The average Bonchev–Trinajstić information content (AvgIpc) is 3.09. The summed E-state index contributed by atoms with van der Waals surface area (Å²) in [6.07, 6.45) is 0.283. The van der Waals surface area contributed by atoms with E-state index in [1.807, 2.05) is 31.5 Å². The van der Waals surface area contributed by atoms with E-state index in [0.29, 0.717) is 16.7 Å². The molecule has 130 valence electrons. The first kappa shape index (κ1) is 16.8. The summed E-state index contributed by atoms with van der Waals surface area (Å²) < 4.78 is 7.04. The van der Waals surface area contributed by atoms with Gasteiger partial charge in [0.15, 0.2) is 0 Å². The molecule has 0 saturated carbocycles. The van der Waals surface area contributed by atoms with Gasteiger partial charge in [-0.15, -0.1) is 0 Å². The predicted molar refractivity (Wildman–Crippen MR) is 92.8 cm³/mol. The van der Waals surface area contributed by atoms with Crippen molar-refractivity contribution in [3.63, 3.8) is 0 Å². The van der Waals surface area contributed by atoms with Crippen molar-refractivity contribution < 1.29 is 19.1 Å². The zero-order valence-corrected chi connectivity index (χ0v) is 14.2. The number of rotatable bonds is 5. The molecule has 2 aromatic heterocycles. The molecule has 0 aliphatic heterocycles. The molecule has 0 aliphatic rings. The number of aromatic carboxylic acids is 1. The number of hydrogen-bond donors (Lipinski definition) is 2. The number of carbonyl (C=O) groups is 2. The van der Waals surface area contributed by atoms with Crippen LogP contribution in [0, 0.1) is 13.8 Å². The molecule has 0 bridgehead atoms. The number of benzene rings is 1. The summed E-state index contributed by atoms with van der Waals surface area (Å²) in [7, 11) is 0.